The molecule has 0 N–H and O–H groups in total. The minimum atomic E-state index is -0.218. The van der Waals surface area contributed by atoms with E-state index in [0.717, 1.165) is 37.4 Å². The van der Waals surface area contributed by atoms with Crippen LogP contribution < -0.4 is 4.74 Å². The highest BCUT2D eigenvalue weighted by Crippen LogP contribution is 2.53. The van der Waals surface area contributed by atoms with Crippen LogP contribution in [0.25, 0.3) is 0 Å². The van der Waals surface area contributed by atoms with Crippen LogP contribution in [0.15, 0.2) is 48.1 Å². The van der Waals surface area contributed by atoms with Crippen molar-refractivity contribution in [3.05, 3.63) is 53.6 Å². The van der Waals surface area contributed by atoms with Gasteiger partial charge in [0.2, 0.25) is 6.29 Å². The van der Waals surface area contributed by atoms with Crippen LogP contribution in [0, 0.1) is 16.7 Å². The van der Waals surface area contributed by atoms with Crippen molar-refractivity contribution < 1.29 is 9.47 Å². The van der Waals surface area contributed by atoms with Crippen LogP contribution in [0.1, 0.15) is 98.0 Å². The fraction of sp³-hybridized carbons (Fsp3) is 0.667. The highest BCUT2D eigenvalue weighted by Gasteiger charge is 2.44. The van der Waals surface area contributed by atoms with Gasteiger partial charge in [-0.2, -0.15) is 0 Å². The Balaban J connectivity index is 1.72. The number of allylic oxidation sites excluding steroid dienone is 2. The van der Waals surface area contributed by atoms with E-state index in [0.29, 0.717) is 6.61 Å². The summed E-state index contributed by atoms with van der Waals surface area (Å²) >= 11 is 0. The molecule has 0 saturated heterocycles. The first-order chi connectivity index (χ1) is 15.3. The molecule has 0 aromatic heterocycles. The minimum absolute atomic E-state index is 0.218. The zero-order valence-corrected chi connectivity index (χ0v) is 21.3. The molecule has 0 heterocycles. The molecule has 1 atom stereocenters. The van der Waals surface area contributed by atoms with E-state index < -0.39 is 0 Å². The third kappa shape index (κ3) is 7.24. The zero-order valence-electron chi connectivity index (χ0n) is 21.3. The zero-order chi connectivity index (χ0) is 23.0. The Morgan fingerprint density at radius 1 is 0.969 bits per heavy atom. The molecule has 2 aliphatic rings. The maximum atomic E-state index is 6.54. The molecule has 1 fully saturated rings. The van der Waals surface area contributed by atoms with E-state index in [4.69, 9.17) is 9.47 Å². The van der Waals surface area contributed by atoms with Gasteiger partial charge in [-0.1, -0.05) is 84.2 Å². The largest absolute Gasteiger partial charge is 0.465 e. The fourth-order valence-corrected chi connectivity index (χ4v) is 5.25. The fourth-order valence-electron chi connectivity index (χ4n) is 5.25. The van der Waals surface area contributed by atoms with Gasteiger partial charge >= 0.3 is 0 Å². The van der Waals surface area contributed by atoms with E-state index in [9.17, 15) is 0 Å². The maximum Gasteiger partial charge on any atom is 0.200 e. The first-order valence-electron chi connectivity index (χ1n) is 13.0. The van der Waals surface area contributed by atoms with E-state index in [1.54, 1.807) is 0 Å². The molecule has 0 aliphatic heterocycles. The maximum absolute atomic E-state index is 6.54. The van der Waals surface area contributed by atoms with Crippen LogP contribution in [-0.4, -0.2) is 12.9 Å². The molecule has 3 rings (SSSR count). The lowest BCUT2D eigenvalue weighted by Crippen LogP contribution is -2.42. The molecule has 2 nitrogen and oxygen atoms in total. The Morgan fingerprint density at radius 2 is 1.69 bits per heavy atom. The Bertz CT molecular complexity index is 742. The van der Waals surface area contributed by atoms with Crippen molar-refractivity contribution >= 4 is 0 Å². The Kier molecular flexibility index (Phi) is 9.05. The van der Waals surface area contributed by atoms with Gasteiger partial charge in [-0.15, -0.1) is 0 Å². The average Bonchev–Trinajstić information content (AvgIpc) is 2.77. The second kappa shape index (κ2) is 11.5. The Morgan fingerprint density at radius 3 is 2.28 bits per heavy atom. The number of benzene rings is 1. The number of rotatable bonds is 10. The van der Waals surface area contributed by atoms with Crippen LogP contribution in [-0.2, 0) is 11.2 Å². The molecule has 1 aromatic carbocycles. The van der Waals surface area contributed by atoms with Gasteiger partial charge in [-0.3, -0.25) is 0 Å². The SMILES string of the molecule is CC(C)CCc1ccc(OC(CC2(C(C)(C)C)CCCCC2)OCC2=CCCC=C2)cc1. The summed E-state index contributed by atoms with van der Waals surface area (Å²) in [5.74, 6) is 1.66. The number of aryl methyl sites for hydroxylation is 1. The molecule has 1 aromatic rings. The molecule has 32 heavy (non-hydrogen) atoms. The number of hydrogen-bond acceptors (Lipinski definition) is 2. The van der Waals surface area contributed by atoms with Crippen molar-refractivity contribution in [1.29, 1.82) is 0 Å². The molecule has 0 radical (unpaired) electrons. The first-order valence-corrected chi connectivity index (χ1v) is 13.0. The van der Waals surface area contributed by atoms with Crippen LogP contribution in [0.2, 0.25) is 0 Å². The molecule has 0 spiro atoms. The van der Waals surface area contributed by atoms with Gasteiger partial charge in [0.1, 0.15) is 5.75 Å². The molecule has 2 heteroatoms. The van der Waals surface area contributed by atoms with E-state index in [2.05, 4.69) is 77.1 Å². The summed E-state index contributed by atoms with van der Waals surface area (Å²) in [7, 11) is 0. The summed E-state index contributed by atoms with van der Waals surface area (Å²) < 4.78 is 13.0. The summed E-state index contributed by atoms with van der Waals surface area (Å²) in [5.41, 5.74) is 3.18. The molecule has 1 unspecified atom stereocenters. The van der Waals surface area contributed by atoms with E-state index in [1.165, 1.54) is 49.7 Å². The van der Waals surface area contributed by atoms with Gasteiger partial charge in [0.15, 0.2) is 0 Å². The lowest BCUT2D eigenvalue weighted by molar-refractivity contribution is -0.124. The van der Waals surface area contributed by atoms with Crippen molar-refractivity contribution in [2.45, 2.75) is 105 Å². The highest BCUT2D eigenvalue weighted by atomic mass is 16.7. The predicted molar refractivity (Wildman–Crippen MR) is 136 cm³/mol. The molecular weight excluding hydrogens is 392 g/mol. The summed E-state index contributed by atoms with van der Waals surface area (Å²) in [5, 5.41) is 0. The minimum Gasteiger partial charge on any atom is -0.465 e. The second-order valence-electron chi connectivity index (χ2n) is 11.5. The standard InChI is InChI=1S/C30H46O2/c1-24(2)14-15-25-16-18-27(19-17-25)32-28(31-23-26-12-8-6-9-13-26)22-30(29(3,4)5)20-10-7-11-21-30/h8,12-13,16-19,24,28H,6-7,9-11,14-15,20-23H2,1-5H3. The Labute approximate surface area is 197 Å². The quantitative estimate of drug-likeness (QED) is 0.340. The third-order valence-electron chi connectivity index (χ3n) is 7.67. The Hall–Kier alpha value is -1.54. The van der Waals surface area contributed by atoms with E-state index in [1.807, 2.05) is 0 Å². The van der Waals surface area contributed by atoms with Crippen LogP contribution in [0.5, 0.6) is 5.75 Å². The van der Waals surface area contributed by atoms with Crippen molar-refractivity contribution in [3.8, 4) is 5.75 Å². The van der Waals surface area contributed by atoms with E-state index >= 15 is 0 Å². The lowest BCUT2D eigenvalue weighted by atomic mass is 9.57. The van der Waals surface area contributed by atoms with Crippen LogP contribution in [0.4, 0.5) is 0 Å². The summed E-state index contributed by atoms with van der Waals surface area (Å²) in [4.78, 5) is 0. The topological polar surface area (TPSA) is 18.5 Å². The molecule has 0 bridgehead atoms. The first kappa shape index (κ1) is 25.1. The third-order valence-corrected chi connectivity index (χ3v) is 7.67. The van der Waals surface area contributed by atoms with Crippen molar-refractivity contribution in [1.82, 2.24) is 0 Å². The predicted octanol–water partition coefficient (Wildman–Crippen LogP) is 8.66. The van der Waals surface area contributed by atoms with Crippen molar-refractivity contribution in [2.24, 2.45) is 16.7 Å². The van der Waals surface area contributed by atoms with Gasteiger partial charge in [0.25, 0.3) is 0 Å². The van der Waals surface area contributed by atoms with Gasteiger partial charge < -0.3 is 9.47 Å². The van der Waals surface area contributed by atoms with Gasteiger partial charge in [-0.25, -0.2) is 0 Å². The van der Waals surface area contributed by atoms with Crippen LogP contribution in [0.3, 0.4) is 0 Å². The lowest BCUT2D eigenvalue weighted by Gasteiger charge is -2.49. The van der Waals surface area contributed by atoms with Gasteiger partial charge in [0.05, 0.1) is 6.61 Å². The molecule has 1 saturated carbocycles. The molecule has 178 valence electrons. The summed E-state index contributed by atoms with van der Waals surface area (Å²) in [6, 6.07) is 8.72. The molecule has 0 amide bonds. The van der Waals surface area contributed by atoms with Crippen molar-refractivity contribution in [2.75, 3.05) is 6.61 Å². The summed E-state index contributed by atoms with van der Waals surface area (Å²) in [6.45, 7) is 12.4. The van der Waals surface area contributed by atoms with E-state index in [-0.39, 0.29) is 17.1 Å². The normalized spacial score (nSPS) is 19.6. The second-order valence-corrected chi connectivity index (χ2v) is 11.5. The smallest absolute Gasteiger partial charge is 0.200 e. The molecule has 2 aliphatic carbocycles. The highest BCUT2D eigenvalue weighted by molar-refractivity contribution is 5.27. The van der Waals surface area contributed by atoms with Crippen LogP contribution >= 0.6 is 0 Å². The van der Waals surface area contributed by atoms with Gasteiger partial charge in [0, 0.05) is 6.42 Å². The average molecular weight is 439 g/mol. The van der Waals surface area contributed by atoms with Gasteiger partial charge in [-0.05, 0) is 78.5 Å². The summed E-state index contributed by atoms with van der Waals surface area (Å²) in [6.07, 6.45) is 18.7. The molecular formula is C30H46O2. The van der Waals surface area contributed by atoms with Crippen molar-refractivity contribution in [3.63, 3.8) is 0 Å². The number of ether oxygens (including phenoxy) is 2. The number of hydrogen-bond donors (Lipinski definition) is 0. The monoisotopic (exact) mass is 438 g/mol.